The van der Waals surface area contributed by atoms with Crippen molar-refractivity contribution in [2.75, 3.05) is 0 Å². The van der Waals surface area contributed by atoms with Crippen LogP contribution < -0.4 is 0 Å². The number of ketones is 1. The normalized spacial score (nSPS) is 11.6. The number of H-pyrrole nitrogens is 1. The van der Waals surface area contributed by atoms with Gasteiger partial charge in [0.25, 0.3) is 0 Å². The maximum absolute atomic E-state index is 13.9. The van der Waals surface area contributed by atoms with Gasteiger partial charge < -0.3 is 9.52 Å². The third-order valence-electron chi connectivity index (χ3n) is 3.01. The van der Waals surface area contributed by atoms with Gasteiger partial charge in [0.05, 0.1) is 0 Å². The molecule has 0 unspecified atom stereocenters. The summed E-state index contributed by atoms with van der Waals surface area (Å²) in [5.41, 5.74) is 0.868. The van der Waals surface area contributed by atoms with Crippen LogP contribution in [0.5, 0.6) is 0 Å². The predicted molar refractivity (Wildman–Crippen MR) is 77.0 cm³/mol. The minimum atomic E-state index is -0.808. The molecule has 3 heterocycles. The van der Waals surface area contributed by atoms with Crippen LogP contribution in [0.1, 0.15) is 27.7 Å². The van der Waals surface area contributed by atoms with Gasteiger partial charge in [-0.25, -0.2) is 9.37 Å². The molecular weight excluding hydrogens is 303 g/mol. The lowest BCUT2D eigenvalue weighted by atomic mass is 10.1. The molecule has 3 aromatic heterocycles. The number of aliphatic hydroxyl groups excluding tert-OH is 1. The molecule has 8 heteroatoms. The fourth-order valence-corrected chi connectivity index (χ4v) is 1.96. The van der Waals surface area contributed by atoms with Gasteiger partial charge >= 0.3 is 0 Å². The summed E-state index contributed by atoms with van der Waals surface area (Å²) in [6.45, 7) is 0. The van der Waals surface area contributed by atoms with Gasteiger partial charge in [-0.15, -0.1) is 0 Å². The zero-order valence-corrected chi connectivity index (χ0v) is 11.7. The molecule has 7 nitrogen and oxygen atoms in total. The van der Waals surface area contributed by atoms with E-state index in [2.05, 4.69) is 20.2 Å². The van der Waals surface area contributed by atoms with Crippen molar-refractivity contribution in [3.8, 4) is 0 Å². The Hall–Kier alpha value is -3.29. The summed E-state index contributed by atoms with van der Waals surface area (Å²) in [6.07, 6.45) is 5.53. The Labute approximate surface area is 129 Å². The van der Waals surface area contributed by atoms with Crippen LogP contribution in [-0.2, 0) is 6.42 Å². The number of halogens is 1. The molecule has 0 radical (unpaired) electrons. The average molecular weight is 314 g/mol. The Bertz CT molecular complexity index is 841. The molecule has 0 saturated carbocycles. The number of nitrogens with one attached hydrogen (secondary N) is 1. The van der Waals surface area contributed by atoms with Crippen molar-refractivity contribution in [3.63, 3.8) is 0 Å². The molecule has 0 amide bonds. The first-order valence-corrected chi connectivity index (χ1v) is 6.61. The number of hydrogen-bond acceptors (Lipinski definition) is 6. The fraction of sp³-hybridized carbons (Fsp3) is 0.0667. The summed E-state index contributed by atoms with van der Waals surface area (Å²) in [4.78, 5) is 19.6. The number of pyridine rings is 1. The third-order valence-corrected chi connectivity index (χ3v) is 3.01. The van der Waals surface area contributed by atoms with E-state index < -0.39 is 23.1 Å². The summed E-state index contributed by atoms with van der Waals surface area (Å²) in [5.74, 6) is -2.23. The van der Waals surface area contributed by atoms with Crippen molar-refractivity contribution in [2.24, 2.45) is 0 Å². The van der Waals surface area contributed by atoms with Gasteiger partial charge in [-0.1, -0.05) is 0 Å². The van der Waals surface area contributed by atoms with Gasteiger partial charge in [0.2, 0.25) is 11.5 Å². The number of nitrogens with zero attached hydrogens (tertiary/aromatic N) is 3. The maximum atomic E-state index is 13.9. The van der Waals surface area contributed by atoms with E-state index in [0.29, 0.717) is 12.2 Å². The van der Waals surface area contributed by atoms with Gasteiger partial charge in [-0.3, -0.25) is 14.9 Å². The molecule has 0 saturated heterocycles. The highest BCUT2D eigenvalue weighted by Gasteiger charge is 2.18. The first-order valence-electron chi connectivity index (χ1n) is 6.61. The predicted octanol–water partition coefficient (Wildman–Crippen LogP) is 2.30. The van der Waals surface area contributed by atoms with Crippen molar-refractivity contribution in [1.82, 2.24) is 20.2 Å². The minimum Gasteiger partial charge on any atom is -0.504 e. The Morgan fingerprint density at radius 2 is 2.17 bits per heavy atom. The topological polar surface area (TPSA) is 105 Å². The van der Waals surface area contributed by atoms with Gasteiger partial charge in [-0.05, 0) is 17.7 Å². The highest BCUT2D eigenvalue weighted by molar-refractivity contribution is 6.05. The minimum absolute atomic E-state index is 0.00215. The Morgan fingerprint density at radius 1 is 1.39 bits per heavy atom. The van der Waals surface area contributed by atoms with E-state index >= 15 is 0 Å². The van der Waals surface area contributed by atoms with Gasteiger partial charge in [-0.2, -0.15) is 5.10 Å². The fourth-order valence-electron chi connectivity index (χ4n) is 1.96. The van der Waals surface area contributed by atoms with Crippen LogP contribution in [0, 0.1) is 5.82 Å². The molecule has 0 spiro atoms. The van der Waals surface area contributed by atoms with Crippen molar-refractivity contribution in [1.29, 1.82) is 0 Å². The summed E-state index contributed by atoms with van der Waals surface area (Å²) in [6, 6.07) is 4.67. The molecule has 0 aliphatic rings. The van der Waals surface area contributed by atoms with Crippen molar-refractivity contribution >= 4 is 11.5 Å². The van der Waals surface area contributed by atoms with Crippen LogP contribution in [0.3, 0.4) is 0 Å². The van der Waals surface area contributed by atoms with Crippen molar-refractivity contribution in [3.05, 3.63) is 71.7 Å². The number of rotatable bonds is 5. The van der Waals surface area contributed by atoms with Crippen LogP contribution in [0.2, 0.25) is 0 Å². The van der Waals surface area contributed by atoms with E-state index in [4.69, 9.17) is 4.42 Å². The van der Waals surface area contributed by atoms with Crippen LogP contribution >= 0.6 is 0 Å². The molecule has 0 atom stereocenters. The monoisotopic (exact) mass is 314 g/mol. The molecule has 2 N–H and O–H groups in total. The zero-order chi connectivity index (χ0) is 16.2. The smallest absolute Gasteiger partial charge is 0.227 e. The third kappa shape index (κ3) is 3.31. The summed E-state index contributed by atoms with van der Waals surface area (Å²) >= 11 is 0. The number of aliphatic hydroxyl groups is 1. The van der Waals surface area contributed by atoms with Crippen LogP contribution in [-0.4, -0.2) is 31.1 Å². The number of aromatic amines is 1. The zero-order valence-electron chi connectivity index (χ0n) is 11.7. The molecule has 0 aliphatic heterocycles. The standard InChI is InChI=1S/C15H11FN4O3/c16-11-6-10(5-9-1-3-17-4-2-9)23-14(11)12(21)7-13(22)15-18-8-19-20-15/h1-4,6-8,22H,5H2,(H,18,19,20). The number of furan rings is 1. The molecular formula is C15H11FN4O3. The summed E-state index contributed by atoms with van der Waals surface area (Å²) in [7, 11) is 0. The van der Waals surface area contributed by atoms with Gasteiger partial charge in [0, 0.05) is 31.0 Å². The first kappa shape index (κ1) is 14.6. The number of carbonyl (C=O) groups excluding carboxylic acids is 1. The highest BCUT2D eigenvalue weighted by Crippen LogP contribution is 2.19. The SMILES string of the molecule is O=C(C=C(O)c1ncn[nH]1)c1oc(Cc2ccncc2)cc1F. The van der Waals surface area contributed by atoms with Crippen LogP contribution in [0.4, 0.5) is 4.39 Å². The Balaban J connectivity index is 1.80. The Kier molecular flexibility index (Phi) is 3.96. The van der Waals surface area contributed by atoms with E-state index in [1.54, 1.807) is 24.5 Å². The number of allylic oxidation sites excluding steroid dienone is 1. The highest BCUT2D eigenvalue weighted by atomic mass is 19.1. The molecule has 116 valence electrons. The quantitative estimate of drug-likeness (QED) is 0.425. The molecule has 0 fully saturated rings. The second kappa shape index (κ2) is 6.22. The molecule has 23 heavy (non-hydrogen) atoms. The van der Waals surface area contributed by atoms with Crippen LogP contribution in [0.25, 0.3) is 5.76 Å². The number of carbonyl (C=O) groups is 1. The molecule has 0 aliphatic carbocycles. The Morgan fingerprint density at radius 3 is 2.87 bits per heavy atom. The van der Waals surface area contributed by atoms with E-state index in [1.807, 2.05) is 0 Å². The van der Waals surface area contributed by atoms with E-state index in [-0.39, 0.29) is 5.82 Å². The molecule has 0 aromatic carbocycles. The summed E-state index contributed by atoms with van der Waals surface area (Å²) < 4.78 is 19.1. The van der Waals surface area contributed by atoms with Gasteiger partial charge in [0.1, 0.15) is 12.1 Å². The van der Waals surface area contributed by atoms with Crippen molar-refractivity contribution in [2.45, 2.75) is 6.42 Å². The lowest BCUT2D eigenvalue weighted by Gasteiger charge is -1.97. The average Bonchev–Trinajstić information content (AvgIpc) is 3.18. The maximum Gasteiger partial charge on any atom is 0.227 e. The van der Waals surface area contributed by atoms with E-state index in [1.165, 1.54) is 6.33 Å². The van der Waals surface area contributed by atoms with E-state index in [0.717, 1.165) is 17.7 Å². The summed E-state index contributed by atoms with van der Waals surface area (Å²) in [5, 5.41) is 15.6. The first-order chi connectivity index (χ1) is 11.1. The lowest BCUT2D eigenvalue weighted by molar-refractivity contribution is 0.101. The molecule has 3 aromatic rings. The second-order valence-corrected chi connectivity index (χ2v) is 4.65. The molecule has 3 rings (SSSR count). The van der Waals surface area contributed by atoms with E-state index in [9.17, 15) is 14.3 Å². The largest absolute Gasteiger partial charge is 0.504 e. The number of hydrogen-bond donors (Lipinski definition) is 2. The van der Waals surface area contributed by atoms with Crippen LogP contribution in [0.15, 0.2) is 47.4 Å². The molecule has 0 bridgehead atoms. The number of aromatic nitrogens is 4. The van der Waals surface area contributed by atoms with Crippen molar-refractivity contribution < 1.29 is 18.7 Å². The second-order valence-electron chi connectivity index (χ2n) is 4.65. The van der Waals surface area contributed by atoms with Gasteiger partial charge in [0.15, 0.2) is 17.4 Å². The lowest BCUT2D eigenvalue weighted by Crippen LogP contribution is -1.98.